The minimum Gasteiger partial charge on any atom is -0.367 e. The van der Waals surface area contributed by atoms with Gasteiger partial charge in [0.25, 0.3) is 0 Å². The van der Waals surface area contributed by atoms with Crippen LogP contribution in [0.25, 0.3) is 0 Å². The molecule has 2 aromatic rings. The van der Waals surface area contributed by atoms with Gasteiger partial charge in [-0.15, -0.1) is 11.3 Å². The van der Waals surface area contributed by atoms with Gasteiger partial charge in [0.2, 0.25) is 0 Å². The van der Waals surface area contributed by atoms with E-state index in [9.17, 15) is 0 Å². The van der Waals surface area contributed by atoms with Gasteiger partial charge in [-0.25, -0.2) is 15.0 Å². The summed E-state index contributed by atoms with van der Waals surface area (Å²) in [6.07, 6.45) is 9.34. The number of hydrogen-bond donors (Lipinski definition) is 1. The number of rotatable bonds is 6. The average molecular weight is 387 g/mol. The first-order valence-electron chi connectivity index (χ1n) is 10.1. The van der Waals surface area contributed by atoms with Crippen LogP contribution >= 0.6 is 11.3 Å². The van der Waals surface area contributed by atoms with Gasteiger partial charge in [0, 0.05) is 57.1 Å². The van der Waals surface area contributed by atoms with E-state index < -0.39 is 0 Å². The number of nitrogens with zero attached hydrogens (tertiary/aromatic N) is 5. The minimum absolute atomic E-state index is 0.482. The summed E-state index contributed by atoms with van der Waals surface area (Å²) in [5, 5.41) is 7.24. The van der Waals surface area contributed by atoms with Gasteiger partial charge in [0.05, 0.1) is 10.7 Å². The maximum absolute atomic E-state index is 4.94. The van der Waals surface area contributed by atoms with Crippen LogP contribution in [0.5, 0.6) is 0 Å². The fourth-order valence-electron chi connectivity index (χ4n) is 4.10. The molecule has 0 aromatic carbocycles. The largest absolute Gasteiger partial charge is 0.367 e. The molecular formula is C20H30N6S. The Morgan fingerprint density at radius 3 is 2.67 bits per heavy atom. The predicted molar refractivity (Wildman–Crippen MR) is 112 cm³/mol. The highest BCUT2D eigenvalue weighted by atomic mass is 32.1. The van der Waals surface area contributed by atoms with Crippen molar-refractivity contribution in [1.82, 2.24) is 19.9 Å². The molecule has 0 unspecified atom stereocenters. The Morgan fingerprint density at radius 1 is 1.15 bits per heavy atom. The van der Waals surface area contributed by atoms with Gasteiger partial charge in [0.15, 0.2) is 0 Å². The minimum atomic E-state index is 0.482. The average Bonchev–Trinajstić information content (AvgIpc) is 3.35. The van der Waals surface area contributed by atoms with Gasteiger partial charge in [0.1, 0.15) is 18.0 Å². The van der Waals surface area contributed by atoms with Crippen LogP contribution in [0.3, 0.4) is 0 Å². The molecule has 1 saturated carbocycles. The van der Waals surface area contributed by atoms with Crippen molar-refractivity contribution in [1.29, 1.82) is 0 Å². The zero-order valence-electron chi connectivity index (χ0n) is 16.4. The second-order valence-corrected chi connectivity index (χ2v) is 8.90. The summed E-state index contributed by atoms with van der Waals surface area (Å²) in [5.74, 6) is 2.60. The molecule has 0 radical (unpaired) electrons. The molecule has 2 fully saturated rings. The van der Waals surface area contributed by atoms with E-state index in [4.69, 9.17) is 4.98 Å². The quantitative estimate of drug-likeness (QED) is 0.816. The Kier molecular flexibility index (Phi) is 5.88. The third-order valence-corrected chi connectivity index (χ3v) is 6.77. The van der Waals surface area contributed by atoms with E-state index in [0.717, 1.165) is 50.0 Å². The molecule has 4 rings (SSSR count). The SMILES string of the molecule is CN(C)c1cc(NC2CCN(Cc3csc(C4CCCC4)n3)CC2)ncn1. The number of aromatic nitrogens is 3. The molecule has 1 saturated heterocycles. The number of piperidine rings is 1. The third kappa shape index (κ3) is 4.76. The van der Waals surface area contributed by atoms with Crippen molar-refractivity contribution in [3.8, 4) is 0 Å². The number of anilines is 2. The summed E-state index contributed by atoms with van der Waals surface area (Å²) in [4.78, 5) is 18.1. The van der Waals surface area contributed by atoms with Gasteiger partial charge in [-0.2, -0.15) is 0 Å². The second kappa shape index (κ2) is 8.52. The second-order valence-electron chi connectivity index (χ2n) is 8.01. The first-order valence-corrected chi connectivity index (χ1v) is 11.0. The molecule has 1 aliphatic carbocycles. The summed E-state index contributed by atoms with van der Waals surface area (Å²) < 4.78 is 0. The van der Waals surface area contributed by atoms with E-state index in [-0.39, 0.29) is 0 Å². The van der Waals surface area contributed by atoms with Crippen molar-refractivity contribution in [2.24, 2.45) is 0 Å². The van der Waals surface area contributed by atoms with Crippen LogP contribution in [0.15, 0.2) is 17.8 Å². The highest BCUT2D eigenvalue weighted by Gasteiger charge is 2.23. The Bertz CT molecular complexity index is 732. The fraction of sp³-hybridized carbons (Fsp3) is 0.650. The molecule has 146 valence electrons. The smallest absolute Gasteiger partial charge is 0.133 e. The molecule has 0 atom stereocenters. The van der Waals surface area contributed by atoms with Gasteiger partial charge >= 0.3 is 0 Å². The van der Waals surface area contributed by atoms with Crippen LogP contribution < -0.4 is 10.2 Å². The van der Waals surface area contributed by atoms with Crippen LogP contribution in [-0.4, -0.2) is 53.1 Å². The predicted octanol–water partition coefficient (Wildman–Crippen LogP) is 3.73. The topological polar surface area (TPSA) is 57.2 Å². The van der Waals surface area contributed by atoms with Gasteiger partial charge in [-0.1, -0.05) is 12.8 Å². The van der Waals surface area contributed by atoms with Crippen molar-refractivity contribution in [2.45, 2.75) is 57.0 Å². The molecule has 0 spiro atoms. The van der Waals surface area contributed by atoms with E-state index in [1.165, 1.54) is 36.4 Å². The summed E-state index contributed by atoms with van der Waals surface area (Å²) in [7, 11) is 4.00. The Morgan fingerprint density at radius 2 is 1.93 bits per heavy atom. The fourth-order valence-corrected chi connectivity index (χ4v) is 5.08. The Balaban J connectivity index is 1.26. The van der Waals surface area contributed by atoms with Crippen molar-refractivity contribution in [3.05, 3.63) is 28.5 Å². The van der Waals surface area contributed by atoms with Crippen molar-refractivity contribution >= 4 is 23.0 Å². The lowest BCUT2D eigenvalue weighted by molar-refractivity contribution is 0.209. The number of likely N-dealkylation sites (tertiary alicyclic amines) is 1. The summed E-state index contributed by atoms with van der Waals surface area (Å²) in [6, 6.07) is 2.50. The van der Waals surface area contributed by atoms with Crippen LogP contribution in [0.1, 0.15) is 55.1 Å². The van der Waals surface area contributed by atoms with E-state index in [0.29, 0.717) is 6.04 Å². The summed E-state index contributed by atoms with van der Waals surface area (Å²) in [6.45, 7) is 3.22. The molecule has 2 aliphatic rings. The first kappa shape index (κ1) is 18.6. The number of nitrogens with one attached hydrogen (secondary N) is 1. The molecule has 1 aliphatic heterocycles. The van der Waals surface area contributed by atoms with Crippen LogP contribution in [0.2, 0.25) is 0 Å². The standard InChI is InChI=1S/C20H30N6S/c1-25(2)19-11-18(21-14-22-19)23-16-7-9-26(10-8-16)12-17-13-27-20(24-17)15-5-3-4-6-15/h11,13-16H,3-10,12H2,1-2H3,(H,21,22,23). The van der Waals surface area contributed by atoms with Crippen molar-refractivity contribution < 1.29 is 0 Å². The molecule has 3 heterocycles. The van der Waals surface area contributed by atoms with Gasteiger partial charge in [-0.05, 0) is 25.7 Å². The lowest BCUT2D eigenvalue weighted by atomic mass is 10.0. The maximum atomic E-state index is 4.94. The lowest BCUT2D eigenvalue weighted by Crippen LogP contribution is -2.38. The van der Waals surface area contributed by atoms with Gasteiger partial charge < -0.3 is 10.2 Å². The number of hydrogen-bond acceptors (Lipinski definition) is 7. The monoisotopic (exact) mass is 386 g/mol. The molecule has 6 nitrogen and oxygen atoms in total. The van der Waals surface area contributed by atoms with Gasteiger partial charge in [-0.3, -0.25) is 4.90 Å². The molecular weight excluding hydrogens is 356 g/mol. The van der Waals surface area contributed by atoms with Crippen LogP contribution in [0, 0.1) is 0 Å². The maximum Gasteiger partial charge on any atom is 0.133 e. The van der Waals surface area contributed by atoms with Crippen molar-refractivity contribution in [3.63, 3.8) is 0 Å². The molecule has 1 N–H and O–H groups in total. The third-order valence-electron chi connectivity index (χ3n) is 5.71. The van der Waals surface area contributed by atoms with E-state index in [2.05, 4.69) is 25.6 Å². The zero-order chi connectivity index (χ0) is 18.6. The van der Waals surface area contributed by atoms with Crippen molar-refractivity contribution in [2.75, 3.05) is 37.4 Å². The van der Waals surface area contributed by atoms with Crippen LogP contribution in [-0.2, 0) is 6.54 Å². The Labute approximate surface area is 166 Å². The summed E-state index contributed by atoms with van der Waals surface area (Å²) >= 11 is 1.87. The lowest BCUT2D eigenvalue weighted by Gasteiger charge is -2.32. The molecule has 7 heteroatoms. The zero-order valence-corrected chi connectivity index (χ0v) is 17.2. The van der Waals surface area contributed by atoms with Crippen LogP contribution in [0.4, 0.5) is 11.6 Å². The van der Waals surface area contributed by atoms with E-state index in [1.54, 1.807) is 6.33 Å². The number of thiazole rings is 1. The molecule has 2 aromatic heterocycles. The highest BCUT2D eigenvalue weighted by molar-refractivity contribution is 7.09. The first-order chi connectivity index (χ1) is 13.2. The van der Waals surface area contributed by atoms with E-state index in [1.807, 2.05) is 36.4 Å². The molecule has 0 bridgehead atoms. The normalized spacial score (nSPS) is 19.5. The highest BCUT2D eigenvalue weighted by Crippen LogP contribution is 2.35. The molecule has 27 heavy (non-hydrogen) atoms. The Hall–Kier alpha value is -1.73. The summed E-state index contributed by atoms with van der Waals surface area (Å²) in [5.41, 5.74) is 1.26. The molecule has 0 amide bonds. The van der Waals surface area contributed by atoms with E-state index >= 15 is 0 Å².